The molecule has 10 aliphatic rings. The third-order valence-electron chi connectivity index (χ3n) is 16.2. The number of hydrogen-bond donors (Lipinski definition) is 0. The molecule has 0 radical (unpaired) electrons. The van der Waals surface area contributed by atoms with E-state index in [1.165, 1.54) is 38.0 Å². The van der Waals surface area contributed by atoms with Gasteiger partial charge in [0.05, 0.1) is 0 Å². The van der Waals surface area contributed by atoms with Crippen LogP contribution in [0.5, 0.6) is 0 Å². The average molecular weight is 333 g/mol. The Morgan fingerprint density at radius 2 is 1.72 bits per heavy atom. The van der Waals surface area contributed by atoms with Gasteiger partial charge in [0.25, 0.3) is 0 Å². The molecule has 18 heavy (non-hydrogen) atoms. The van der Waals surface area contributed by atoms with Crippen molar-refractivity contribution in [1.82, 2.24) is 0 Å². The van der Waals surface area contributed by atoms with Crippen LogP contribution in [0.2, 0.25) is 35.6 Å². The van der Waals surface area contributed by atoms with Crippen LogP contribution >= 0.6 is 0 Å². The molecule has 2 nitrogen and oxygen atoms in total. The van der Waals surface area contributed by atoms with Crippen LogP contribution in [0, 0.1) is 0 Å². The van der Waals surface area contributed by atoms with Crippen molar-refractivity contribution < 1.29 is 17.2 Å². The molecule has 0 saturated carbocycles. The maximum absolute atomic E-state index is 6.76. The number of ether oxygens (including phenoxy) is 2. The van der Waals surface area contributed by atoms with Crippen molar-refractivity contribution in [3.8, 4) is 0 Å². The van der Waals surface area contributed by atoms with Crippen LogP contribution in [0.25, 0.3) is 0 Å². The molecule has 0 aromatic carbocycles. The fourth-order valence-corrected chi connectivity index (χ4v) is 155. The van der Waals surface area contributed by atoms with Gasteiger partial charge in [-0.1, -0.05) is 0 Å². The van der Waals surface area contributed by atoms with E-state index in [0.717, 1.165) is 10.6 Å². The van der Waals surface area contributed by atoms with E-state index in [0.29, 0.717) is 8.39 Å². The first-order valence-corrected chi connectivity index (χ1v) is 17.5. The van der Waals surface area contributed by atoms with E-state index in [4.69, 9.17) is 9.47 Å². The van der Waals surface area contributed by atoms with Gasteiger partial charge in [0.2, 0.25) is 0 Å². The van der Waals surface area contributed by atoms with Crippen molar-refractivity contribution in [3.05, 3.63) is 0 Å². The van der Waals surface area contributed by atoms with E-state index in [2.05, 4.69) is 21.0 Å². The molecule has 10 heterocycles. The molecule has 1 spiro atoms. The van der Waals surface area contributed by atoms with Gasteiger partial charge in [0.15, 0.2) is 0 Å². The summed E-state index contributed by atoms with van der Waals surface area (Å²) in [7, 11) is -1.63. The van der Waals surface area contributed by atoms with Crippen LogP contribution in [0.3, 0.4) is 0 Å². The SMILES string of the molecule is CCO[C]12[CH]3[CH]4[CH]5[C]1(CC)[Ru]45321678[CH]2[CH]1[CH]6[C]7(OC)[CH]28. The summed E-state index contributed by atoms with van der Waals surface area (Å²) in [4.78, 5) is 0. The van der Waals surface area contributed by atoms with Crippen molar-refractivity contribution in [1.29, 1.82) is 0 Å². The molecule has 9 atom stereocenters. The topological polar surface area (TPSA) is 18.5 Å². The van der Waals surface area contributed by atoms with Gasteiger partial charge >= 0.3 is 95.2 Å². The molecular formula is C15H20O2Ru. The zero-order valence-electron chi connectivity index (χ0n) is 11.1. The molecule has 10 saturated heterocycles. The third-order valence-corrected chi connectivity index (χ3v) is 84.1. The predicted octanol–water partition coefficient (Wildman–Crippen LogP) is 3.65. The van der Waals surface area contributed by atoms with Crippen LogP contribution < -0.4 is 0 Å². The molecular weight excluding hydrogens is 313 g/mol. The third kappa shape index (κ3) is 0.0637. The second kappa shape index (κ2) is 0.612. The first-order valence-electron chi connectivity index (χ1n) is 7.90. The molecule has 0 bridgehead atoms. The summed E-state index contributed by atoms with van der Waals surface area (Å²) >= 11 is 0. The summed E-state index contributed by atoms with van der Waals surface area (Å²) in [6.45, 7) is 5.74. The van der Waals surface area contributed by atoms with Gasteiger partial charge in [0, 0.05) is 0 Å². The molecule has 0 amide bonds. The summed E-state index contributed by atoms with van der Waals surface area (Å²) in [6.07, 6.45) is 1.47. The van der Waals surface area contributed by atoms with Crippen molar-refractivity contribution in [2.24, 2.45) is 0 Å². The molecule has 10 rings (SSSR count). The summed E-state index contributed by atoms with van der Waals surface area (Å²) in [5.41, 5.74) is 0. The Kier molecular flexibility index (Phi) is 0.256. The van der Waals surface area contributed by atoms with Gasteiger partial charge in [-0.05, 0) is 0 Å². The molecule has 100 valence electrons. The van der Waals surface area contributed by atoms with E-state index in [1.54, 1.807) is 0 Å². The summed E-state index contributed by atoms with van der Waals surface area (Å²) in [6, 6.07) is 0. The minimum absolute atomic E-state index is 0.547. The summed E-state index contributed by atoms with van der Waals surface area (Å²) in [5.74, 6) is 0. The first kappa shape index (κ1) is 7.52. The summed E-state index contributed by atoms with van der Waals surface area (Å²) in [5, 5.41) is 0. The van der Waals surface area contributed by atoms with Crippen molar-refractivity contribution in [2.75, 3.05) is 13.7 Å². The van der Waals surface area contributed by atoms with E-state index < -0.39 is 7.72 Å². The van der Waals surface area contributed by atoms with Crippen LogP contribution in [-0.2, 0) is 17.2 Å². The Hall–Kier alpha value is 0.543. The second-order valence-corrected chi connectivity index (χ2v) is 46.9. The zero-order chi connectivity index (χ0) is 11.7. The standard InChI is InChI=1S/C9H13O.C6H7O.Ru/c1-3-8-6-5-7-9(8)10-4-2;1-7-6-4-2-3-5-6;/h5-7H,3-4H2,1-2H3;2-5H,1H3;. The average Bonchev–Trinajstić information content (AvgIpc) is 3.33. The normalized spacial score (nSPS) is 122. The van der Waals surface area contributed by atoms with Gasteiger partial charge in [0.1, 0.15) is 0 Å². The molecule has 3 heteroatoms. The van der Waals surface area contributed by atoms with Gasteiger partial charge in [-0.2, -0.15) is 0 Å². The van der Waals surface area contributed by atoms with Crippen LogP contribution in [-0.4, -0.2) is 22.1 Å². The maximum atomic E-state index is 6.76. The molecule has 10 fully saturated rings. The van der Waals surface area contributed by atoms with E-state index in [9.17, 15) is 0 Å². The Morgan fingerprint density at radius 1 is 1.00 bits per heavy atom. The Balaban J connectivity index is 1.67. The summed E-state index contributed by atoms with van der Waals surface area (Å²) < 4.78 is 23.7. The van der Waals surface area contributed by atoms with Crippen LogP contribution in [0.1, 0.15) is 20.3 Å². The second-order valence-electron chi connectivity index (χ2n) is 10.9. The number of hydrogen-bond acceptors (Lipinski definition) is 2. The van der Waals surface area contributed by atoms with Crippen LogP contribution in [0.15, 0.2) is 0 Å². The van der Waals surface area contributed by atoms with Gasteiger partial charge in [-0.15, -0.1) is 0 Å². The number of rotatable bonds is 4. The minimum atomic E-state index is -3.71. The molecule has 0 aromatic heterocycles. The first-order chi connectivity index (χ1) is 8.51. The number of fused-ring (bicyclic) bond motifs is 10. The molecule has 0 N–H and O–H groups in total. The van der Waals surface area contributed by atoms with E-state index in [-0.39, 0.29) is 0 Å². The molecule has 0 aliphatic carbocycles. The van der Waals surface area contributed by atoms with Crippen molar-refractivity contribution >= 4 is 0 Å². The van der Waals surface area contributed by atoms with Gasteiger partial charge in [-0.25, -0.2) is 0 Å². The molecule has 9 unspecified atom stereocenters. The molecule has 10 aliphatic heterocycles. The van der Waals surface area contributed by atoms with Crippen molar-refractivity contribution in [3.63, 3.8) is 0 Å². The van der Waals surface area contributed by atoms with Gasteiger partial charge in [-0.3, -0.25) is 0 Å². The van der Waals surface area contributed by atoms with E-state index in [1.807, 2.05) is 0 Å². The Labute approximate surface area is 95.1 Å². The zero-order valence-corrected chi connectivity index (χ0v) is 12.9. The quantitative estimate of drug-likeness (QED) is 0.731. The molecule has 0 aromatic rings. The van der Waals surface area contributed by atoms with E-state index >= 15 is 0 Å². The van der Waals surface area contributed by atoms with Crippen LogP contribution in [0.4, 0.5) is 0 Å². The number of methoxy groups -OCH3 is 1. The van der Waals surface area contributed by atoms with Crippen molar-refractivity contribution in [2.45, 2.75) is 64.3 Å². The predicted molar refractivity (Wildman–Crippen MR) is 63.3 cm³/mol. The van der Waals surface area contributed by atoms with Gasteiger partial charge < -0.3 is 0 Å². The monoisotopic (exact) mass is 334 g/mol. The fraction of sp³-hybridized carbons (Fsp3) is 1.00. The Bertz CT molecular complexity index is 1050. The Morgan fingerprint density at radius 3 is 2.11 bits per heavy atom. The fourth-order valence-electron chi connectivity index (χ4n) is 19.1.